The number of ether oxygens (including phenoxy) is 1. The third-order valence-corrected chi connectivity index (χ3v) is 7.85. The topological polar surface area (TPSA) is 79.3 Å². The van der Waals surface area contributed by atoms with Crippen LogP contribution in [0, 0.1) is 10.5 Å². The number of hydrogen-bond donors (Lipinski definition) is 0. The van der Waals surface area contributed by atoms with Crippen LogP contribution < -0.4 is 0 Å². The maximum absolute atomic E-state index is 13.7. The minimum absolute atomic E-state index is 0.0914. The zero-order valence-corrected chi connectivity index (χ0v) is 23.7. The number of hydrogen-bond acceptors (Lipinski definition) is 5. The van der Waals surface area contributed by atoms with Crippen molar-refractivity contribution in [2.75, 3.05) is 19.6 Å². The minimum Gasteiger partial charge on any atom is -0.444 e. The Kier molecular flexibility index (Phi) is 7.48. The number of aryl methyl sites for hydroxylation is 1. The van der Waals surface area contributed by atoms with E-state index in [-0.39, 0.29) is 24.3 Å². The first-order chi connectivity index (χ1) is 16.9. The number of aliphatic imine (C=N–C) groups is 1. The third-order valence-electron chi connectivity index (χ3n) is 6.39. The van der Waals surface area contributed by atoms with Crippen molar-refractivity contribution in [1.29, 1.82) is 0 Å². The summed E-state index contributed by atoms with van der Waals surface area (Å²) in [6, 6.07) is 12.5. The summed E-state index contributed by atoms with van der Waals surface area (Å²) in [6.07, 6.45) is 0.433. The SMILES string of the molecule is Cc1cc(C(=O)CN2C(=O)C(c3ccc(Cl)cc3)=NC23CCN(C(=O)OC(C)(C)C)CC3)ccc1I. The normalized spacial score (nSPS) is 17.4. The van der Waals surface area contributed by atoms with Gasteiger partial charge in [-0.1, -0.05) is 29.8 Å². The van der Waals surface area contributed by atoms with Gasteiger partial charge >= 0.3 is 6.09 Å². The number of carbonyl (C=O) groups is 3. The van der Waals surface area contributed by atoms with Gasteiger partial charge in [0.15, 0.2) is 5.78 Å². The fourth-order valence-electron chi connectivity index (χ4n) is 4.46. The molecule has 0 radical (unpaired) electrons. The average molecular weight is 622 g/mol. The Morgan fingerprint density at radius 3 is 2.33 bits per heavy atom. The van der Waals surface area contributed by atoms with E-state index in [0.29, 0.717) is 47.8 Å². The Morgan fingerprint density at radius 2 is 1.75 bits per heavy atom. The molecular weight excluding hydrogens is 593 g/mol. The van der Waals surface area contributed by atoms with Gasteiger partial charge in [-0.2, -0.15) is 0 Å². The van der Waals surface area contributed by atoms with E-state index in [4.69, 9.17) is 21.3 Å². The number of piperidine rings is 1. The monoisotopic (exact) mass is 621 g/mol. The largest absolute Gasteiger partial charge is 0.444 e. The van der Waals surface area contributed by atoms with Gasteiger partial charge in [0.25, 0.3) is 5.91 Å². The summed E-state index contributed by atoms with van der Waals surface area (Å²) >= 11 is 8.28. The molecule has 2 aliphatic rings. The summed E-state index contributed by atoms with van der Waals surface area (Å²) in [5, 5.41) is 0.561. The van der Waals surface area contributed by atoms with Gasteiger partial charge in [0.2, 0.25) is 0 Å². The van der Waals surface area contributed by atoms with Gasteiger partial charge < -0.3 is 14.5 Å². The number of benzene rings is 2. The van der Waals surface area contributed by atoms with Crippen molar-refractivity contribution in [3.63, 3.8) is 0 Å². The van der Waals surface area contributed by atoms with Crippen LogP contribution in [-0.4, -0.2) is 64.2 Å². The minimum atomic E-state index is -0.904. The van der Waals surface area contributed by atoms with Crippen LogP contribution in [0.15, 0.2) is 47.5 Å². The molecule has 0 unspecified atom stereocenters. The Bertz CT molecular complexity index is 1230. The lowest BCUT2D eigenvalue weighted by Gasteiger charge is -2.42. The molecule has 4 rings (SSSR count). The highest BCUT2D eigenvalue weighted by Gasteiger charge is 2.50. The lowest BCUT2D eigenvalue weighted by molar-refractivity contribution is -0.128. The molecule has 2 aliphatic heterocycles. The second-order valence-corrected chi connectivity index (χ2v) is 11.8. The molecule has 2 aromatic rings. The molecule has 0 atom stereocenters. The quantitative estimate of drug-likeness (QED) is 0.334. The molecule has 36 heavy (non-hydrogen) atoms. The molecule has 1 spiro atoms. The van der Waals surface area contributed by atoms with Crippen molar-refractivity contribution in [2.24, 2.45) is 4.99 Å². The smallest absolute Gasteiger partial charge is 0.410 e. The molecule has 1 saturated heterocycles. The number of Topliss-reactive ketones (excluding diaryl/α,β-unsaturated/α-hetero) is 1. The zero-order valence-electron chi connectivity index (χ0n) is 20.8. The molecule has 2 aromatic carbocycles. The Hall–Kier alpha value is -2.46. The number of halogens is 2. The van der Waals surface area contributed by atoms with E-state index in [9.17, 15) is 14.4 Å². The van der Waals surface area contributed by atoms with Crippen LogP contribution in [0.2, 0.25) is 5.02 Å². The van der Waals surface area contributed by atoms with Gasteiger partial charge in [-0.15, -0.1) is 0 Å². The zero-order chi connectivity index (χ0) is 26.3. The molecule has 0 N–H and O–H groups in total. The van der Waals surface area contributed by atoms with Crippen LogP contribution in [-0.2, 0) is 9.53 Å². The number of likely N-dealkylation sites (tertiary alicyclic amines) is 1. The number of ketones is 1. The van der Waals surface area contributed by atoms with E-state index in [0.717, 1.165) is 9.13 Å². The van der Waals surface area contributed by atoms with Crippen molar-refractivity contribution in [2.45, 2.75) is 51.8 Å². The van der Waals surface area contributed by atoms with Crippen molar-refractivity contribution >= 4 is 57.7 Å². The van der Waals surface area contributed by atoms with Crippen LogP contribution >= 0.6 is 34.2 Å². The Morgan fingerprint density at radius 1 is 1.11 bits per heavy atom. The molecule has 0 saturated carbocycles. The summed E-state index contributed by atoms with van der Waals surface area (Å²) in [5.41, 5.74) is 1.02. The van der Waals surface area contributed by atoms with E-state index in [1.54, 1.807) is 40.1 Å². The first-order valence-electron chi connectivity index (χ1n) is 11.8. The van der Waals surface area contributed by atoms with Gasteiger partial charge in [-0.25, -0.2) is 4.79 Å². The van der Waals surface area contributed by atoms with E-state index >= 15 is 0 Å². The van der Waals surface area contributed by atoms with Crippen molar-refractivity contribution < 1.29 is 19.1 Å². The molecule has 2 heterocycles. The third kappa shape index (κ3) is 5.59. The van der Waals surface area contributed by atoms with Gasteiger partial charge in [0.05, 0.1) is 6.54 Å². The first kappa shape index (κ1) is 26.6. The number of amides is 2. The van der Waals surface area contributed by atoms with Crippen LogP contribution in [0.5, 0.6) is 0 Å². The fraction of sp³-hybridized carbons (Fsp3) is 0.407. The van der Waals surface area contributed by atoms with Crippen molar-refractivity contribution in [3.05, 3.63) is 67.7 Å². The van der Waals surface area contributed by atoms with Gasteiger partial charge in [-0.3, -0.25) is 14.6 Å². The fourth-order valence-corrected chi connectivity index (χ4v) is 4.92. The Labute approximate surface area is 230 Å². The van der Waals surface area contributed by atoms with E-state index in [1.165, 1.54) is 0 Å². The molecule has 190 valence electrons. The molecular formula is C27H29ClIN3O4. The van der Waals surface area contributed by atoms with E-state index in [2.05, 4.69) is 22.6 Å². The summed E-state index contributed by atoms with van der Waals surface area (Å²) in [7, 11) is 0. The molecule has 9 heteroatoms. The molecule has 0 aromatic heterocycles. The average Bonchev–Trinajstić information content (AvgIpc) is 3.06. The highest BCUT2D eigenvalue weighted by molar-refractivity contribution is 14.1. The standard InChI is InChI=1S/C27H29ClIN3O4/c1-17-15-19(7-10-21(17)29)22(33)16-32-24(34)23(18-5-8-20(28)9-6-18)30-27(32)11-13-31(14-12-27)25(35)36-26(2,3)4/h5-10,15H,11-14,16H2,1-4H3. The van der Waals surface area contributed by atoms with E-state index < -0.39 is 11.3 Å². The van der Waals surface area contributed by atoms with Crippen LogP contribution in [0.4, 0.5) is 4.79 Å². The van der Waals surface area contributed by atoms with Crippen molar-refractivity contribution in [1.82, 2.24) is 9.80 Å². The van der Waals surface area contributed by atoms with Gasteiger partial charge in [0, 0.05) is 45.7 Å². The molecule has 0 aliphatic carbocycles. The second-order valence-electron chi connectivity index (χ2n) is 10.2. The van der Waals surface area contributed by atoms with E-state index in [1.807, 2.05) is 39.8 Å². The first-order valence-corrected chi connectivity index (χ1v) is 13.3. The lowest BCUT2D eigenvalue weighted by Crippen LogP contribution is -2.56. The lowest BCUT2D eigenvalue weighted by atomic mass is 9.95. The highest BCUT2D eigenvalue weighted by Crippen LogP contribution is 2.37. The van der Waals surface area contributed by atoms with Crippen LogP contribution in [0.3, 0.4) is 0 Å². The maximum atomic E-state index is 13.7. The number of carbonyl (C=O) groups excluding carboxylic acids is 3. The summed E-state index contributed by atoms with van der Waals surface area (Å²) < 4.78 is 6.59. The molecule has 0 bridgehead atoms. The summed E-state index contributed by atoms with van der Waals surface area (Å²) in [6.45, 7) is 8.08. The number of nitrogens with zero attached hydrogens (tertiary/aromatic N) is 3. The van der Waals surface area contributed by atoms with Gasteiger partial charge in [0.1, 0.15) is 17.0 Å². The second kappa shape index (κ2) is 10.1. The van der Waals surface area contributed by atoms with Crippen LogP contribution in [0.1, 0.15) is 55.1 Å². The predicted octanol–water partition coefficient (Wildman–Crippen LogP) is 5.49. The molecule has 2 amide bonds. The Balaban J connectivity index is 1.62. The van der Waals surface area contributed by atoms with Crippen LogP contribution in [0.25, 0.3) is 0 Å². The van der Waals surface area contributed by atoms with Crippen molar-refractivity contribution in [3.8, 4) is 0 Å². The molecule has 7 nitrogen and oxygen atoms in total. The summed E-state index contributed by atoms with van der Waals surface area (Å²) in [4.78, 5) is 47.7. The van der Waals surface area contributed by atoms with Gasteiger partial charge in [-0.05, 0) is 80.1 Å². The highest BCUT2D eigenvalue weighted by atomic mass is 127. The summed E-state index contributed by atoms with van der Waals surface area (Å²) in [5.74, 6) is -0.442. The molecule has 1 fully saturated rings. The maximum Gasteiger partial charge on any atom is 0.410 e. The number of rotatable bonds is 4. The predicted molar refractivity (Wildman–Crippen MR) is 148 cm³/mol.